The van der Waals surface area contributed by atoms with Gasteiger partial charge in [-0.15, -0.1) is 0 Å². The van der Waals surface area contributed by atoms with Gasteiger partial charge in [0.1, 0.15) is 0 Å². The number of rotatable bonds is 11. The molecular weight excluding hydrogens is 389 g/mol. The van der Waals surface area contributed by atoms with E-state index in [1.54, 1.807) is 6.07 Å². The van der Waals surface area contributed by atoms with Crippen LogP contribution in [0.15, 0.2) is 54.6 Å². The van der Waals surface area contributed by atoms with Gasteiger partial charge in [-0.1, -0.05) is 44.1 Å². The number of unbranched alkanes of at least 4 members (excludes halogenated alkanes) is 3. The molecule has 3 rings (SSSR count). The third-order valence-corrected chi connectivity index (χ3v) is 5.40. The van der Waals surface area contributed by atoms with Gasteiger partial charge in [-0.05, 0) is 74.6 Å². The Labute approximate surface area is 184 Å². The quantitative estimate of drug-likeness (QED) is 0.325. The van der Waals surface area contributed by atoms with Gasteiger partial charge in [0.05, 0.1) is 17.3 Å². The molecule has 1 N–H and O–H groups in total. The summed E-state index contributed by atoms with van der Waals surface area (Å²) < 4.78 is 19.5. The van der Waals surface area contributed by atoms with Crippen molar-refractivity contribution < 1.29 is 14.2 Å². The minimum atomic E-state index is -0.641. The number of fused-ring (bicyclic) bond motifs is 1. The summed E-state index contributed by atoms with van der Waals surface area (Å²) in [6, 6.07) is 14.3. The zero-order valence-corrected chi connectivity index (χ0v) is 18.5. The average Bonchev–Trinajstić information content (AvgIpc) is 2.78. The maximum Gasteiger partial charge on any atom is 0.165 e. The third-order valence-electron chi connectivity index (χ3n) is 5.40. The zero-order valence-electron chi connectivity index (χ0n) is 18.5. The second kappa shape index (κ2) is 11.6. The van der Waals surface area contributed by atoms with Gasteiger partial charge >= 0.3 is 0 Å². The molecule has 0 amide bonds. The van der Waals surface area contributed by atoms with Crippen molar-refractivity contribution in [3.63, 3.8) is 0 Å². The first-order valence-corrected chi connectivity index (χ1v) is 11.2. The Bertz CT molecular complexity index is 1020. The number of benzene rings is 2. The van der Waals surface area contributed by atoms with Gasteiger partial charge in [-0.2, -0.15) is 0 Å². The molecule has 0 saturated carbocycles. The molecular formula is C27H32FNO2. The van der Waals surface area contributed by atoms with Crippen LogP contribution in [0.5, 0.6) is 5.75 Å². The van der Waals surface area contributed by atoms with Crippen molar-refractivity contribution in [2.75, 3.05) is 6.61 Å². The van der Waals surface area contributed by atoms with Crippen LogP contribution in [-0.4, -0.2) is 22.8 Å². The van der Waals surface area contributed by atoms with Gasteiger partial charge in [-0.3, -0.25) is 0 Å². The van der Waals surface area contributed by atoms with Crippen LogP contribution < -0.4 is 0 Å². The summed E-state index contributed by atoms with van der Waals surface area (Å²) in [5.41, 5.74) is 3.32. The molecule has 3 nitrogen and oxygen atoms in total. The van der Waals surface area contributed by atoms with E-state index < -0.39 is 5.82 Å². The highest BCUT2D eigenvalue weighted by molar-refractivity contribution is 5.83. The summed E-state index contributed by atoms with van der Waals surface area (Å²) in [6.45, 7) is 5.24. The van der Waals surface area contributed by atoms with E-state index in [-0.39, 0.29) is 5.75 Å². The van der Waals surface area contributed by atoms with E-state index in [4.69, 9.17) is 4.74 Å². The Balaban J connectivity index is 1.53. The molecule has 1 aromatic heterocycles. The van der Waals surface area contributed by atoms with Crippen LogP contribution in [-0.2, 0) is 4.74 Å². The minimum absolute atomic E-state index is 0.327. The fraction of sp³-hybridized carbons (Fsp3) is 0.370. The number of hydrogen-bond donors (Lipinski definition) is 1. The molecule has 0 aliphatic heterocycles. The van der Waals surface area contributed by atoms with E-state index in [2.05, 4.69) is 37.0 Å². The van der Waals surface area contributed by atoms with E-state index in [1.165, 1.54) is 25.0 Å². The summed E-state index contributed by atoms with van der Waals surface area (Å²) in [5.74, 6) is -0.993. The summed E-state index contributed by atoms with van der Waals surface area (Å²) in [6.07, 6.45) is 11.6. The van der Waals surface area contributed by atoms with Gasteiger partial charge < -0.3 is 9.84 Å². The summed E-state index contributed by atoms with van der Waals surface area (Å²) >= 11 is 0. The molecule has 0 radical (unpaired) electrons. The smallest absolute Gasteiger partial charge is 0.165 e. The highest BCUT2D eigenvalue weighted by Crippen LogP contribution is 2.26. The molecule has 2 aromatic carbocycles. The summed E-state index contributed by atoms with van der Waals surface area (Å²) in [5, 5.41) is 10.4. The second-order valence-electron chi connectivity index (χ2n) is 8.04. The Morgan fingerprint density at radius 1 is 1.06 bits per heavy atom. The first-order chi connectivity index (χ1) is 15.1. The minimum Gasteiger partial charge on any atom is -0.505 e. The summed E-state index contributed by atoms with van der Waals surface area (Å²) in [7, 11) is 0. The van der Waals surface area contributed by atoms with Crippen molar-refractivity contribution in [2.45, 2.75) is 58.5 Å². The lowest BCUT2D eigenvalue weighted by Crippen LogP contribution is -2.08. The number of nitrogens with zero attached hydrogens (tertiary/aromatic N) is 1. The Kier molecular flexibility index (Phi) is 8.60. The maximum absolute atomic E-state index is 13.6. The molecule has 0 bridgehead atoms. The van der Waals surface area contributed by atoms with Crippen LogP contribution in [0.4, 0.5) is 4.39 Å². The molecule has 0 fully saturated rings. The molecule has 1 heterocycles. The molecule has 3 aromatic rings. The van der Waals surface area contributed by atoms with Crippen LogP contribution in [0.25, 0.3) is 28.2 Å². The molecule has 1 unspecified atom stereocenters. The number of aromatic nitrogens is 1. The molecule has 0 spiro atoms. The standard InChI is InChI=1S/C27H32FNO2/c1-3-4-8-17-31-20(2)9-6-5-7-10-21-11-14-25-22(18-21)12-15-26(29-25)23-13-16-27(30)24(28)19-23/h7,10-16,18-20,30H,3-6,8-9,17H2,1-2H3. The van der Waals surface area contributed by atoms with Crippen molar-refractivity contribution in [3.8, 4) is 17.0 Å². The lowest BCUT2D eigenvalue weighted by atomic mass is 10.1. The predicted molar refractivity (Wildman–Crippen MR) is 127 cm³/mol. The van der Waals surface area contributed by atoms with Gasteiger partial charge in [-0.25, -0.2) is 9.37 Å². The Morgan fingerprint density at radius 3 is 2.74 bits per heavy atom. The van der Waals surface area contributed by atoms with Crippen molar-refractivity contribution in [2.24, 2.45) is 0 Å². The van der Waals surface area contributed by atoms with Gasteiger partial charge in [0.15, 0.2) is 11.6 Å². The maximum atomic E-state index is 13.6. The lowest BCUT2D eigenvalue weighted by molar-refractivity contribution is 0.0566. The van der Waals surface area contributed by atoms with E-state index in [0.29, 0.717) is 17.4 Å². The number of halogens is 1. The number of hydrogen-bond acceptors (Lipinski definition) is 3. The monoisotopic (exact) mass is 421 g/mol. The average molecular weight is 422 g/mol. The van der Waals surface area contributed by atoms with Crippen molar-refractivity contribution in [1.82, 2.24) is 4.98 Å². The van der Waals surface area contributed by atoms with Crippen molar-refractivity contribution in [1.29, 1.82) is 0 Å². The van der Waals surface area contributed by atoms with Gasteiger partial charge in [0.25, 0.3) is 0 Å². The Morgan fingerprint density at radius 2 is 1.94 bits per heavy atom. The first kappa shape index (κ1) is 23.0. The highest BCUT2D eigenvalue weighted by atomic mass is 19.1. The molecule has 4 heteroatoms. The number of allylic oxidation sites excluding steroid dienone is 1. The fourth-order valence-corrected chi connectivity index (χ4v) is 3.54. The third kappa shape index (κ3) is 6.90. The van der Waals surface area contributed by atoms with Crippen LogP contribution in [0.1, 0.15) is 57.9 Å². The number of aromatic hydroxyl groups is 1. The summed E-state index contributed by atoms with van der Waals surface area (Å²) in [4.78, 5) is 4.64. The van der Waals surface area contributed by atoms with E-state index >= 15 is 0 Å². The lowest BCUT2D eigenvalue weighted by Gasteiger charge is -2.12. The van der Waals surface area contributed by atoms with Crippen LogP contribution in [0.3, 0.4) is 0 Å². The fourth-order valence-electron chi connectivity index (χ4n) is 3.54. The molecule has 1 atom stereocenters. The second-order valence-corrected chi connectivity index (χ2v) is 8.04. The number of ether oxygens (including phenoxy) is 1. The van der Waals surface area contributed by atoms with E-state index in [9.17, 15) is 9.50 Å². The molecule has 164 valence electrons. The van der Waals surface area contributed by atoms with Crippen LogP contribution in [0, 0.1) is 5.82 Å². The number of pyridine rings is 1. The van der Waals surface area contributed by atoms with Crippen LogP contribution in [0.2, 0.25) is 0 Å². The molecule has 31 heavy (non-hydrogen) atoms. The van der Waals surface area contributed by atoms with E-state index in [0.717, 1.165) is 48.8 Å². The molecule has 0 aliphatic rings. The van der Waals surface area contributed by atoms with Crippen LogP contribution >= 0.6 is 0 Å². The first-order valence-electron chi connectivity index (χ1n) is 11.2. The van der Waals surface area contributed by atoms with E-state index in [1.807, 2.05) is 24.3 Å². The normalized spacial score (nSPS) is 12.6. The largest absolute Gasteiger partial charge is 0.505 e. The molecule has 0 saturated heterocycles. The SMILES string of the molecule is CCCCCOC(C)CCCC=Cc1ccc2nc(-c3ccc(O)c(F)c3)ccc2c1. The van der Waals surface area contributed by atoms with Crippen molar-refractivity contribution in [3.05, 3.63) is 66.0 Å². The molecule has 0 aliphatic carbocycles. The zero-order chi connectivity index (χ0) is 22.1. The van der Waals surface area contributed by atoms with Gasteiger partial charge in [0.2, 0.25) is 0 Å². The van der Waals surface area contributed by atoms with Gasteiger partial charge in [0, 0.05) is 17.6 Å². The highest BCUT2D eigenvalue weighted by Gasteiger charge is 2.06. The number of phenolic OH excluding ortho intramolecular Hbond substituents is 1. The predicted octanol–water partition coefficient (Wildman–Crippen LogP) is 7.53. The topological polar surface area (TPSA) is 42.4 Å². The number of phenols is 1. The Hall–Kier alpha value is -2.72. The van der Waals surface area contributed by atoms with Crippen molar-refractivity contribution >= 4 is 17.0 Å².